The van der Waals surface area contributed by atoms with Gasteiger partial charge >= 0.3 is 0 Å². The molecule has 0 amide bonds. The standard InChI is InChI=1S/C42H27N/c1-2-11-27(12-3-1)28-15-10-16-31(23-28)41-34-17-6-8-19-36(34)42(37-20-9-7-18-35(37)41)32-21-22-33-38-24-29-13-4-5-14-30(29)25-40(38)43-39(33)26-32/h1-26,43H. The van der Waals surface area contributed by atoms with Crippen molar-refractivity contribution in [1.29, 1.82) is 0 Å². The lowest BCUT2D eigenvalue weighted by Gasteiger charge is -2.18. The van der Waals surface area contributed by atoms with Gasteiger partial charge in [-0.1, -0.05) is 133 Å². The number of fused-ring (bicyclic) bond motifs is 6. The molecule has 9 aromatic rings. The smallest absolute Gasteiger partial charge is 0.0471 e. The van der Waals surface area contributed by atoms with Gasteiger partial charge in [-0.05, 0) is 90.0 Å². The van der Waals surface area contributed by atoms with Crippen LogP contribution < -0.4 is 0 Å². The van der Waals surface area contributed by atoms with Gasteiger partial charge in [-0.15, -0.1) is 0 Å². The quantitative estimate of drug-likeness (QED) is 0.213. The van der Waals surface area contributed by atoms with Crippen LogP contribution >= 0.6 is 0 Å². The molecular weight excluding hydrogens is 518 g/mol. The van der Waals surface area contributed by atoms with Gasteiger partial charge in [-0.25, -0.2) is 0 Å². The third-order valence-corrected chi connectivity index (χ3v) is 8.94. The van der Waals surface area contributed by atoms with Crippen molar-refractivity contribution in [3.8, 4) is 33.4 Å². The Morgan fingerprint density at radius 3 is 1.47 bits per heavy atom. The van der Waals surface area contributed by atoms with Gasteiger partial charge in [0.15, 0.2) is 0 Å². The van der Waals surface area contributed by atoms with Crippen molar-refractivity contribution in [2.24, 2.45) is 0 Å². The lowest BCUT2D eigenvalue weighted by Crippen LogP contribution is -1.91. The molecule has 1 heterocycles. The van der Waals surface area contributed by atoms with E-state index in [9.17, 15) is 0 Å². The number of benzene rings is 8. The van der Waals surface area contributed by atoms with Crippen molar-refractivity contribution in [2.75, 3.05) is 0 Å². The summed E-state index contributed by atoms with van der Waals surface area (Å²) in [5.74, 6) is 0. The number of hydrogen-bond donors (Lipinski definition) is 1. The molecule has 0 spiro atoms. The Hall–Kier alpha value is -5.66. The Bertz CT molecular complexity index is 2440. The summed E-state index contributed by atoms with van der Waals surface area (Å²) in [5, 5.41) is 10.1. The first-order valence-corrected chi connectivity index (χ1v) is 14.9. The maximum Gasteiger partial charge on any atom is 0.0471 e. The molecular formula is C42H27N. The highest BCUT2D eigenvalue weighted by Gasteiger charge is 2.17. The molecule has 1 N–H and O–H groups in total. The van der Waals surface area contributed by atoms with E-state index >= 15 is 0 Å². The van der Waals surface area contributed by atoms with Crippen LogP contribution in [0.25, 0.3) is 87.5 Å². The van der Waals surface area contributed by atoms with Gasteiger partial charge in [0.25, 0.3) is 0 Å². The topological polar surface area (TPSA) is 15.8 Å². The highest BCUT2D eigenvalue weighted by molar-refractivity contribution is 6.22. The van der Waals surface area contributed by atoms with Crippen LogP contribution in [-0.4, -0.2) is 4.98 Å². The van der Waals surface area contributed by atoms with Crippen LogP contribution in [0.3, 0.4) is 0 Å². The van der Waals surface area contributed by atoms with Crippen LogP contribution in [0.4, 0.5) is 0 Å². The molecule has 1 heteroatoms. The Labute approximate surface area is 249 Å². The van der Waals surface area contributed by atoms with Crippen molar-refractivity contribution in [3.63, 3.8) is 0 Å². The van der Waals surface area contributed by atoms with Crippen molar-refractivity contribution >= 4 is 54.1 Å². The lowest BCUT2D eigenvalue weighted by atomic mass is 9.85. The average Bonchev–Trinajstić information content (AvgIpc) is 3.43. The third kappa shape index (κ3) is 3.79. The third-order valence-electron chi connectivity index (χ3n) is 8.94. The first-order valence-electron chi connectivity index (χ1n) is 14.9. The van der Waals surface area contributed by atoms with Crippen molar-refractivity contribution < 1.29 is 0 Å². The molecule has 0 bridgehead atoms. The minimum Gasteiger partial charge on any atom is -0.354 e. The van der Waals surface area contributed by atoms with E-state index < -0.39 is 0 Å². The Kier molecular flexibility index (Phi) is 5.27. The average molecular weight is 546 g/mol. The Morgan fingerprint density at radius 1 is 0.279 bits per heavy atom. The molecule has 0 aliphatic heterocycles. The molecule has 200 valence electrons. The summed E-state index contributed by atoms with van der Waals surface area (Å²) in [6.07, 6.45) is 0. The molecule has 1 aromatic heterocycles. The zero-order chi connectivity index (χ0) is 28.3. The summed E-state index contributed by atoms with van der Waals surface area (Å²) in [5.41, 5.74) is 9.82. The molecule has 0 fully saturated rings. The number of aromatic nitrogens is 1. The molecule has 9 rings (SSSR count). The van der Waals surface area contributed by atoms with Crippen LogP contribution in [0, 0.1) is 0 Å². The fourth-order valence-corrected chi connectivity index (χ4v) is 6.98. The summed E-state index contributed by atoms with van der Waals surface area (Å²) in [4.78, 5) is 3.74. The Balaban J connectivity index is 1.31. The first kappa shape index (κ1) is 24.0. The maximum atomic E-state index is 3.74. The molecule has 1 nitrogen and oxygen atoms in total. The molecule has 0 saturated heterocycles. The van der Waals surface area contributed by atoms with Gasteiger partial charge in [-0.2, -0.15) is 0 Å². The second kappa shape index (κ2) is 9.44. The molecule has 0 unspecified atom stereocenters. The number of hydrogen-bond acceptors (Lipinski definition) is 0. The van der Waals surface area contributed by atoms with E-state index in [0.29, 0.717) is 0 Å². The number of rotatable bonds is 3. The predicted molar refractivity (Wildman–Crippen MR) is 185 cm³/mol. The fraction of sp³-hybridized carbons (Fsp3) is 0. The van der Waals surface area contributed by atoms with Crippen molar-refractivity contribution in [2.45, 2.75) is 0 Å². The summed E-state index contributed by atoms with van der Waals surface area (Å²) in [6.45, 7) is 0. The lowest BCUT2D eigenvalue weighted by molar-refractivity contribution is 1.55. The number of aromatic amines is 1. The summed E-state index contributed by atoms with van der Waals surface area (Å²) >= 11 is 0. The monoisotopic (exact) mass is 545 g/mol. The van der Waals surface area contributed by atoms with Gasteiger partial charge < -0.3 is 4.98 Å². The molecule has 0 aliphatic carbocycles. The van der Waals surface area contributed by atoms with Gasteiger partial charge in [0, 0.05) is 21.8 Å². The van der Waals surface area contributed by atoms with Crippen molar-refractivity contribution in [1.82, 2.24) is 4.98 Å². The minimum absolute atomic E-state index is 1.16. The van der Waals surface area contributed by atoms with E-state index in [1.54, 1.807) is 0 Å². The number of nitrogens with one attached hydrogen (secondary N) is 1. The van der Waals surface area contributed by atoms with E-state index in [4.69, 9.17) is 0 Å². The van der Waals surface area contributed by atoms with Crippen LogP contribution in [0.2, 0.25) is 0 Å². The largest absolute Gasteiger partial charge is 0.354 e. The van der Waals surface area contributed by atoms with Gasteiger partial charge in [0.05, 0.1) is 0 Å². The van der Waals surface area contributed by atoms with Crippen LogP contribution in [0.1, 0.15) is 0 Å². The van der Waals surface area contributed by atoms with Crippen LogP contribution in [0.5, 0.6) is 0 Å². The summed E-state index contributed by atoms with van der Waals surface area (Å²) < 4.78 is 0. The SMILES string of the molecule is c1ccc(-c2cccc(-c3c4ccccc4c(-c4ccc5c(c4)[nH]c4cc6ccccc6cc45)c4ccccc34)c2)cc1. The predicted octanol–water partition coefficient (Wildman–Crippen LogP) is 11.8. The summed E-state index contributed by atoms with van der Waals surface area (Å²) in [6, 6.07) is 57.5. The highest BCUT2D eigenvalue weighted by Crippen LogP contribution is 2.45. The zero-order valence-electron chi connectivity index (χ0n) is 23.5. The molecule has 0 saturated carbocycles. The Morgan fingerprint density at radius 2 is 0.791 bits per heavy atom. The first-order chi connectivity index (χ1) is 21.3. The second-order valence-electron chi connectivity index (χ2n) is 11.4. The van der Waals surface area contributed by atoms with E-state index in [-0.39, 0.29) is 0 Å². The van der Waals surface area contributed by atoms with Crippen molar-refractivity contribution in [3.05, 3.63) is 158 Å². The molecule has 8 aromatic carbocycles. The van der Waals surface area contributed by atoms with E-state index in [1.807, 2.05) is 0 Å². The molecule has 43 heavy (non-hydrogen) atoms. The van der Waals surface area contributed by atoms with E-state index in [2.05, 4.69) is 163 Å². The van der Waals surface area contributed by atoms with Crippen LogP contribution in [0.15, 0.2) is 158 Å². The van der Waals surface area contributed by atoms with Crippen LogP contribution in [-0.2, 0) is 0 Å². The van der Waals surface area contributed by atoms with E-state index in [1.165, 1.54) is 82.0 Å². The van der Waals surface area contributed by atoms with Gasteiger partial charge in [0.2, 0.25) is 0 Å². The highest BCUT2D eigenvalue weighted by atomic mass is 14.7. The maximum absolute atomic E-state index is 3.74. The number of H-pyrrole nitrogens is 1. The molecule has 0 radical (unpaired) electrons. The van der Waals surface area contributed by atoms with E-state index in [0.717, 1.165) is 5.52 Å². The fourth-order valence-electron chi connectivity index (χ4n) is 6.98. The van der Waals surface area contributed by atoms with Gasteiger partial charge in [-0.3, -0.25) is 0 Å². The summed E-state index contributed by atoms with van der Waals surface area (Å²) in [7, 11) is 0. The molecule has 0 atom stereocenters. The zero-order valence-corrected chi connectivity index (χ0v) is 23.5. The van der Waals surface area contributed by atoms with Gasteiger partial charge in [0.1, 0.15) is 0 Å². The second-order valence-corrected chi connectivity index (χ2v) is 11.4. The normalized spacial score (nSPS) is 11.7. The minimum atomic E-state index is 1.16. The molecule has 0 aliphatic rings.